The Hall–Kier alpha value is -3.07. The molecule has 2 rings (SSSR count). The molecule has 0 aliphatic rings. The van der Waals surface area contributed by atoms with Crippen LogP contribution in [-0.4, -0.2) is 37.0 Å². The summed E-state index contributed by atoms with van der Waals surface area (Å²) in [4.78, 5) is 32.9. The lowest BCUT2D eigenvalue weighted by molar-refractivity contribution is -0.131. The molecule has 29 heavy (non-hydrogen) atoms. The van der Waals surface area contributed by atoms with Gasteiger partial charge in [-0.15, -0.1) is 0 Å². The quantitative estimate of drug-likeness (QED) is 0.564. The van der Waals surface area contributed by atoms with Crippen LogP contribution in [0.3, 0.4) is 0 Å². The van der Waals surface area contributed by atoms with Crippen molar-refractivity contribution in [2.45, 2.75) is 20.3 Å². The molecule has 0 aliphatic heterocycles. The van der Waals surface area contributed by atoms with Gasteiger partial charge in [0.1, 0.15) is 11.6 Å². The van der Waals surface area contributed by atoms with Crippen LogP contribution >= 0.6 is 0 Å². The Morgan fingerprint density at radius 2 is 1.34 bits per heavy atom. The molecule has 156 valence electrons. The number of ketones is 2. The van der Waals surface area contributed by atoms with Gasteiger partial charge in [-0.1, -0.05) is 24.3 Å². The van der Waals surface area contributed by atoms with E-state index in [1.165, 1.54) is 25.1 Å². The van der Waals surface area contributed by atoms with Crippen LogP contribution in [0.4, 0.5) is 17.6 Å². The fraction of sp³-hybridized carbons (Fsp3) is 0.250. The zero-order chi connectivity index (χ0) is 22.1. The highest BCUT2D eigenvalue weighted by molar-refractivity contribution is 5.99. The third-order valence-electron chi connectivity index (χ3n) is 3.79. The van der Waals surface area contributed by atoms with E-state index in [4.69, 9.17) is 5.73 Å². The highest BCUT2D eigenvalue weighted by Gasteiger charge is 2.16. The lowest BCUT2D eigenvalue weighted by Crippen LogP contribution is -2.34. The summed E-state index contributed by atoms with van der Waals surface area (Å²) in [7, 11) is 0. The van der Waals surface area contributed by atoms with Gasteiger partial charge in [-0.25, -0.2) is 8.78 Å². The standard InChI is InChI=1S/C11H10F3NO2.C9H10FNO/c1-6-2-3-7(4-8(6)12)9(16)5-15-11(17)10(13)14;1-6-2-3-7(4-8(6)10)9(12)5-11/h2-4,10H,5H2,1H3,(H,15,17);2-4H,5,11H2,1H3. The molecule has 9 heteroatoms. The van der Waals surface area contributed by atoms with E-state index in [0.29, 0.717) is 16.7 Å². The van der Waals surface area contributed by atoms with Gasteiger partial charge in [0.05, 0.1) is 13.1 Å². The number of aryl methyl sites for hydroxylation is 2. The van der Waals surface area contributed by atoms with Crippen LogP contribution in [0.1, 0.15) is 31.8 Å². The molecule has 5 nitrogen and oxygen atoms in total. The van der Waals surface area contributed by atoms with Crippen LogP contribution in [0.25, 0.3) is 0 Å². The highest BCUT2D eigenvalue weighted by Crippen LogP contribution is 2.10. The monoisotopic (exact) mass is 412 g/mol. The number of alkyl halides is 2. The van der Waals surface area contributed by atoms with Gasteiger partial charge in [0, 0.05) is 11.1 Å². The first kappa shape index (κ1) is 24.0. The molecule has 3 N–H and O–H groups in total. The lowest BCUT2D eigenvalue weighted by atomic mass is 10.1. The molecular weight excluding hydrogens is 392 g/mol. The number of benzene rings is 2. The molecule has 0 radical (unpaired) electrons. The molecule has 0 fully saturated rings. The molecule has 0 spiro atoms. The van der Waals surface area contributed by atoms with Crippen molar-refractivity contribution in [3.8, 4) is 0 Å². The number of carbonyl (C=O) groups is 3. The van der Waals surface area contributed by atoms with Gasteiger partial charge >= 0.3 is 6.43 Å². The van der Waals surface area contributed by atoms with Gasteiger partial charge in [0.25, 0.3) is 5.91 Å². The van der Waals surface area contributed by atoms with E-state index in [2.05, 4.69) is 0 Å². The molecule has 0 saturated heterocycles. The number of carbonyl (C=O) groups excluding carboxylic acids is 3. The molecule has 0 unspecified atom stereocenters. The first-order valence-electron chi connectivity index (χ1n) is 8.41. The average molecular weight is 412 g/mol. The van der Waals surface area contributed by atoms with Crippen LogP contribution in [0, 0.1) is 25.5 Å². The Morgan fingerprint density at radius 1 is 0.897 bits per heavy atom. The van der Waals surface area contributed by atoms with E-state index in [1.807, 2.05) is 0 Å². The van der Waals surface area contributed by atoms with Crippen LogP contribution in [0.15, 0.2) is 36.4 Å². The first-order valence-corrected chi connectivity index (χ1v) is 8.41. The summed E-state index contributed by atoms with van der Waals surface area (Å²) in [5.41, 5.74) is 6.39. The van der Waals surface area contributed by atoms with Crippen molar-refractivity contribution in [3.63, 3.8) is 0 Å². The average Bonchev–Trinajstić information content (AvgIpc) is 2.69. The van der Waals surface area contributed by atoms with Crippen molar-refractivity contribution in [1.29, 1.82) is 0 Å². The summed E-state index contributed by atoms with van der Waals surface area (Å²) >= 11 is 0. The summed E-state index contributed by atoms with van der Waals surface area (Å²) in [6.45, 7) is 2.52. The maximum atomic E-state index is 13.1. The molecule has 1 amide bonds. The lowest BCUT2D eigenvalue weighted by Gasteiger charge is -2.04. The number of Topliss-reactive ketones (excluding diaryl/α,β-unsaturated/α-hetero) is 2. The van der Waals surface area contributed by atoms with E-state index in [-0.39, 0.29) is 23.7 Å². The fourth-order valence-corrected chi connectivity index (χ4v) is 2.00. The Balaban J connectivity index is 0.000000308. The Morgan fingerprint density at radius 3 is 1.72 bits per heavy atom. The maximum absolute atomic E-state index is 13.1. The summed E-state index contributed by atoms with van der Waals surface area (Å²) in [5.74, 6) is -3.32. The fourth-order valence-electron chi connectivity index (χ4n) is 2.00. The van der Waals surface area contributed by atoms with Crippen molar-refractivity contribution < 1.29 is 31.9 Å². The zero-order valence-corrected chi connectivity index (χ0v) is 15.8. The third-order valence-corrected chi connectivity index (χ3v) is 3.79. The second-order valence-corrected chi connectivity index (χ2v) is 6.00. The minimum atomic E-state index is -3.17. The van der Waals surface area contributed by atoms with Gasteiger partial charge in [0.15, 0.2) is 11.6 Å². The Bertz CT molecular complexity index is 901. The van der Waals surface area contributed by atoms with E-state index >= 15 is 0 Å². The zero-order valence-electron chi connectivity index (χ0n) is 15.8. The SMILES string of the molecule is Cc1ccc(C(=O)CN)cc1F.Cc1ccc(C(=O)CNC(=O)C(F)F)cc1F. The molecule has 0 aliphatic carbocycles. The normalized spacial score (nSPS) is 10.2. The van der Waals surface area contributed by atoms with Crippen LogP contribution < -0.4 is 11.1 Å². The number of rotatable bonds is 6. The molecular formula is C20H20F4N2O3. The molecule has 0 aromatic heterocycles. The summed E-state index contributed by atoms with van der Waals surface area (Å²) in [5, 5.41) is 1.75. The second-order valence-electron chi connectivity index (χ2n) is 6.00. The summed E-state index contributed by atoms with van der Waals surface area (Å²) in [6.07, 6.45) is -3.17. The molecule has 2 aromatic carbocycles. The summed E-state index contributed by atoms with van der Waals surface area (Å²) in [6, 6.07) is 8.13. The van der Waals surface area contributed by atoms with Gasteiger partial charge in [-0.3, -0.25) is 14.4 Å². The van der Waals surface area contributed by atoms with Crippen molar-refractivity contribution in [3.05, 3.63) is 70.3 Å². The Labute approximate surface area is 164 Å². The minimum absolute atomic E-state index is 0.0302. The number of halogens is 4. The van der Waals surface area contributed by atoms with Crippen molar-refractivity contribution in [2.75, 3.05) is 13.1 Å². The predicted octanol–water partition coefficient (Wildman–Crippen LogP) is 2.97. The number of amides is 1. The van der Waals surface area contributed by atoms with Gasteiger partial charge in [-0.05, 0) is 37.1 Å². The first-order chi connectivity index (χ1) is 13.6. The number of hydrogen-bond acceptors (Lipinski definition) is 4. The van der Waals surface area contributed by atoms with Crippen LogP contribution in [-0.2, 0) is 4.79 Å². The number of hydrogen-bond donors (Lipinski definition) is 2. The topological polar surface area (TPSA) is 89.3 Å². The van der Waals surface area contributed by atoms with E-state index < -0.39 is 30.5 Å². The highest BCUT2D eigenvalue weighted by atomic mass is 19.3. The van der Waals surface area contributed by atoms with Gasteiger partial charge in [0.2, 0.25) is 0 Å². The largest absolute Gasteiger partial charge is 0.344 e. The van der Waals surface area contributed by atoms with Gasteiger partial charge in [-0.2, -0.15) is 8.78 Å². The summed E-state index contributed by atoms with van der Waals surface area (Å²) < 4.78 is 49.6. The smallest absolute Gasteiger partial charge is 0.315 e. The molecule has 0 atom stereocenters. The number of nitrogens with two attached hydrogens (primary N) is 1. The molecule has 0 heterocycles. The third kappa shape index (κ3) is 7.46. The van der Waals surface area contributed by atoms with E-state index in [9.17, 15) is 31.9 Å². The van der Waals surface area contributed by atoms with Crippen molar-refractivity contribution >= 4 is 17.5 Å². The van der Waals surface area contributed by atoms with Crippen molar-refractivity contribution in [2.24, 2.45) is 5.73 Å². The van der Waals surface area contributed by atoms with Crippen LogP contribution in [0.5, 0.6) is 0 Å². The van der Waals surface area contributed by atoms with Crippen molar-refractivity contribution in [1.82, 2.24) is 5.32 Å². The van der Waals surface area contributed by atoms with Gasteiger partial charge < -0.3 is 11.1 Å². The molecule has 0 bridgehead atoms. The van der Waals surface area contributed by atoms with E-state index in [0.717, 1.165) is 6.07 Å². The molecule has 0 saturated carbocycles. The Kier molecular flexibility index (Phi) is 9.14. The maximum Gasteiger partial charge on any atom is 0.315 e. The predicted molar refractivity (Wildman–Crippen MR) is 99.0 cm³/mol. The number of nitrogens with one attached hydrogen (secondary N) is 1. The van der Waals surface area contributed by atoms with E-state index in [1.54, 1.807) is 24.4 Å². The van der Waals surface area contributed by atoms with Crippen LogP contribution in [0.2, 0.25) is 0 Å². The second kappa shape index (κ2) is 11.1. The minimum Gasteiger partial charge on any atom is -0.344 e. The molecule has 2 aromatic rings.